The molecule has 0 unspecified atom stereocenters. The topological polar surface area (TPSA) is 68.8 Å². The molecule has 3 aromatic heterocycles. The molecule has 168 valence electrons. The Bertz CT molecular complexity index is 1510. The minimum atomic E-state index is -0.275. The lowest BCUT2D eigenvalue weighted by atomic mass is 9.99. The van der Waals surface area contributed by atoms with Crippen molar-refractivity contribution in [2.45, 2.75) is 19.6 Å². The standard InChI is InChI=1S/C26H21FN6O/c1-31-12-21-13-32(15-25(21)30-31)26(34)16-33-14-20(10-29-33)17-2-4-18(5-3-17)24-11-28-9-19-8-22(27)6-7-23(19)24/h2-12,14H,13,15-16H2,1H3. The van der Waals surface area contributed by atoms with Crippen LogP contribution in [0.2, 0.25) is 0 Å². The van der Waals surface area contributed by atoms with Gasteiger partial charge in [-0.1, -0.05) is 30.3 Å². The number of carbonyl (C=O) groups excluding carboxylic acids is 1. The number of rotatable bonds is 4. The minimum absolute atomic E-state index is 0.0190. The second-order valence-corrected chi connectivity index (χ2v) is 8.58. The van der Waals surface area contributed by atoms with E-state index in [1.54, 1.807) is 38.9 Å². The van der Waals surface area contributed by atoms with E-state index in [0.29, 0.717) is 13.1 Å². The molecule has 0 aliphatic carbocycles. The maximum atomic E-state index is 13.6. The molecule has 8 heteroatoms. The van der Waals surface area contributed by atoms with Crippen LogP contribution in [0.5, 0.6) is 0 Å². The zero-order valence-electron chi connectivity index (χ0n) is 18.5. The Morgan fingerprint density at radius 1 is 0.971 bits per heavy atom. The van der Waals surface area contributed by atoms with Crippen molar-refractivity contribution in [2.24, 2.45) is 7.05 Å². The van der Waals surface area contributed by atoms with Gasteiger partial charge >= 0.3 is 0 Å². The van der Waals surface area contributed by atoms with E-state index in [1.807, 2.05) is 43.7 Å². The Labute approximate surface area is 195 Å². The van der Waals surface area contributed by atoms with Gasteiger partial charge in [-0.25, -0.2) is 4.39 Å². The van der Waals surface area contributed by atoms with E-state index in [0.717, 1.165) is 44.3 Å². The number of halogens is 1. The third-order valence-electron chi connectivity index (χ3n) is 6.23. The molecule has 0 radical (unpaired) electrons. The van der Waals surface area contributed by atoms with Crippen LogP contribution in [0.15, 0.2) is 73.4 Å². The molecule has 1 aliphatic heterocycles. The first-order valence-corrected chi connectivity index (χ1v) is 11.0. The molecule has 34 heavy (non-hydrogen) atoms. The van der Waals surface area contributed by atoms with Crippen molar-refractivity contribution < 1.29 is 9.18 Å². The van der Waals surface area contributed by atoms with Crippen LogP contribution in [-0.4, -0.2) is 35.4 Å². The summed E-state index contributed by atoms with van der Waals surface area (Å²) in [6, 6.07) is 12.8. The van der Waals surface area contributed by atoms with Crippen LogP contribution in [0.25, 0.3) is 33.0 Å². The molecule has 0 bridgehead atoms. The van der Waals surface area contributed by atoms with Gasteiger partial charge in [-0.2, -0.15) is 10.2 Å². The lowest BCUT2D eigenvalue weighted by Crippen LogP contribution is -2.29. The molecule has 0 spiro atoms. The fraction of sp³-hybridized carbons (Fsp3) is 0.154. The van der Waals surface area contributed by atoms with Crippen LogP contribution in [0, 0.1) is 5.82 Å². The van der Waals surface area contributed by atoms with Crippen molar-refractivity contribution >= 4 is 16.7 Å². The molecule has 0 saturated heterocycles. The zero-order chi connectivity index (χ0) is 23.2. The molecule has 1 amide bonds. The third kappa shape index (κ3) is 3.63. The molecule has 1 aliphatic rings. The van der Waals surface area contributed by atoms with E-state index in [-0.39, 0.29) is 18.3 Å². The first-order chi connectivity index (χ1) is 16.5. The van der Waals surface area contributed by atoms with Gasteiger partial charge in [0.2, 0.25) is 5.91 Å². The highest BCUT2D eigenvalue weighted by molar-refractivity contribution is 5.96. The van der Waals surface area contributed by atoms with E-state index in [2.05, 4.69) is 15.2 Å². The van der Waals surface area contributed by atoms with Gasteiger partial charge in [-0.05, 0) is 28.6 Å². The minimum Gasteiger partial charge on any atom is -0.331 e. The highest BCUT2D eigenvalue weighted by Crippen LogP contribution is 2.30. The van der Waals surface area contributed by atoms with Crippen LogP contribution in [0.1, 0.15) is 11.3 Å². The highest BCUT2D eigenvalue weighted by atomic mass is 19.1. The summed E-state index contributed by atoms with van der Waals surface area (Å²) >= 11 is 0. The van der Waals surface area contributed by atoms with Crippen molar-refractivity contribution in [3.05, 3.63) is 90.5 Å². The fourth-order valence-corrected chi connectivity index (χ4v) is 4.52. The Balaban J connectivity index is 1.18. The molecule has 2 aromatic carbocycles. The molecule has 0 fully saturated rings. The van der Waals surface area contributed by atoms with Gasteiger partial charge in [0.05, 0.1) is 18.4 Å². The maximum Gasteiger partial charge on any atom is 0.244 e. The van der Waals surface area contributed by atoms with E-state index in [4.69, 9.17) is 0 Å². The molecule has 0 atom stereocenters. The number of hydrogen-bond acceptors (Lipinski definition) is 4. The zero-order valence-corrected chi connectivity index (χ0v) is 18.5. The van der Waals surface area contributed by atoms with Gasteiger partial charge in [-0.3, -0.25) is 19.1 Å². The lowest BCUT2D eigenvalue weighted by molar-refractivity contribution is -0.132. The average molecular weight is 452 g/mol. The summed E-state index contributed by atoms with van der Waals surface area (Å²) < 4.78 is 17.0. The van der Waals surface area contributed by atoms with Crippen LogP contribution in [0.4, 0.5) is 4.39 Å². The van der Waals surface area contributed by atoms with Crippen molar-refractivity contribution in [2.75, 3.05) is 0 Å². The number of aryl methyl sites for hydroxylation is 1. The normalized spacial score (nSPS) is 12.9. The molecule has 4 heterocycles. The van der Waals surface area contributed by atoms with Gasteiger partial charge < -0.3 is 4.90 Å². The lowest BCUT2D eigenvalue weighted by Gasteiger charge is -2.15. The van der Waals surface area contributed by atoms with E-state index in [9.17, 15) is 9.18 Å². The Kier molecular flexibility index (Phi) is 4.72. The molecular formula is C26H21FN6O. The number of amides is 1. The molecule has 6 rings (SSSR count). The summed E-state index contributed by atoms with van der Waals surface area (Å²) in [4.78, 5) is 18.8. The second-order valence-electron chi connectivity index (χ2n) is 8.58. The number of carbonyl (C=O) groups is 1. The van der Waals surface area contributed by atoms with Crippen LogP contribution in [0.3, 0.4) is 0 Å². The predicted molar refractivity (Wildman–Crippen MR) is 126 cm³/mol. The monoisotopic (exact) mass is 452 g/mol. The number of benzene rings is 2. The van der Waals surface area contributed by atoms with Gasteiger partial charge in [0.25, 0.3) is 0 Å². The second kappa shape index (κ2) is 7.91. The molecular weight excluding hydrogens is 431 g/mol. The summed E-state index contributed by atoms with van der Waals surface area (Å²) in [6.45, 7) is 1.32. The van der Waals surface area contributed by atoms with Gasteiger partial charge in [-0.15, -0.1) is 0 Å². The quantitative estimate of drug-likeness (QED) is 0.410. The SMILES string of the molecule is Cn1cc2c(n1)CN(C(=O)Cn1cc(-c3ccc(-c4cncc5cc(F)ccc45)cc3)cn1)C2. The summed E-state index contributed by atoms with van der Waals surface area (Å²) in [5, 5.41) is 10.5. The van der Waals surface area contributed by atoms with E-state index < -0.39 is 0 Å². The Hall–Kier alpha value is -4.33. The largest absolute Gasteiger partial charge is 0.331 e. The number of hydrogen-bond donors (Lipinski definition) is 0. The Morgan fingerprint density at radius 3 is 2.62 bits per heavy atom. The number of pyridine rings is 1. The van der Waals surface area contributed by atoms with Crippen LogP contribution < -0.4 is 0 Å². The van der Waals surface area contributed by atoms with Gasteiger partial charge in [0.15, 0.2) is 0 Å². The van der Waals surface area contributed by atoms with Crippen LogP contribution >= 0.6 is 0 Å². The summed E-state index contributed by atoms with van der Waals surface area (Å²) in [5.41, 5.74) is 5.95. The van der Waals surface area contributed by atoms with Gasteiger partial charge in [0.1, 0.15) is 12.4 Å². The maximum absolute atomic E-state index is 13.6. The molecule has 0 N–H and O–H groups in total. The molecule has 5 aromatic rings. The number of fused-ring (bicyclic) bond motifs is 2. The van der Waals surface area contributed by atoms with Crippen molar-refractivity contribution in [3.63, 3.8) is 0 Å². The van der Waals surface area contributed by atoms with Crippen molar-refractivity contribution in [3.8, 4) is 22.3 Å². The van der Waals surface area contributed by atoms with Gasteiger partial charge in [0, 0.05) is 60.5 Å². The first kappa shape index (κ1) is 20.3. The van der Waals surface area contributed by atoms with E-state index in [1.165, 1.54) is 12.1 Å². The summed E-state index contributed by atoms with van der Waals surface area (Å²) in [5.74, 6) is -0.256. The predicted octanol–water partition coefficient (Wildman–Crippen LogP) is 4.18. The number of nitrogens with zero attached hydrogens (tertiary/aromatic N) is 6. The van der Waals surface area contributed by atoms with E-state index >= 15 is 0 Å². The number of aromatic nitrogens is 5. The van der Waals surface area contributed by atoms with Crippen molar-refractivity contribution in [1.82, 2.24) is 29.4 Å². The molecule has 0 saturated carbocycles. The summed E-state index contributed by atoms with van der Waals surface area (Å²) in [7, 11) is 1.89. The first-order valence-electron chi connectivity index (χ1n) is 11.0. The third-order valence-corrected chi connectivity index (χ3v) is 6.23. The highest BCUT2D eigenvalue weighted by Gasteiger charge is 2.26. The molecule has 7 nitrogen and oxygen atoms in total. The smallest absolute Gasteiger partial charge is 0.244 e. The Morgan fingerprint density at radius 2 is 1.79 bits per heavy atom. The average Bonchev–Trinajstić information content (AvgIpc) is 3.53. The van der Waals surface area contributed by atoms with Crippen LogP contribution in [-0.2, 0) is 31.5 Å². The summed E-state index contributed by atoms with van der Waals surface area (Å²) in [6.07, 6.45) is 9.08. The fourth-order valence-electron chi connectivity index (χ4n) is 4.52. The van der Waals surface area contributed by atoms with Crippen molar-refractivity contribution in [1.29, 1.82) is 0 Å².